The average Bonchev–Trinajstić information content (AvgIpc) is 3.99. The number of carbonyl (C=O) groups is 5. The molecule has 1 saturated heterocycles. The zero-order valence-corrected chi connectivity index (χ0v) is 49.4. The highest BCUT2D eigenvalue weighted by atomic mass is 35.5. The van der Waals surface area contributed by atoms with Gasteiger partial charge >= 0.3 is 5.97 Å². The van der Waals surface area contributed by atoms with Gasteiger partial charge in [-0.3, -0.25) is 33.5 Å². The minimum atomic E-state index is -1.13. The van der Waals surface area contributed by atoms with E-state index in [-0.39, 0.29) is 49.6 Å². The third-order valence-corrected chi connectivity index (χ3v) is 17.5. The lowest BCUT2D eigenvalue weighted by Gasteiger charge is -2.36. The second kappa shape index (κ2) is 22.6. The van der Waals surface area contributed by atoms with Crippen molar-refractivity contribution < 1.29 is 37.9 Å². The maximum Gasteiger partial charge on any atom is 0.307 e. The summed E-state index contributed by atoms with van der Waals surface area (Å²) >= 11 is 9.50. The number of ether oxygens (including phenoxy) is 2. The number of fused-ring (bicyclic) bond motifs is 4. The molecule has 0 bridgehead atoms. The van der Waals surface area contributed by atoms with Gasteiger partial charge in [-0.15, -0.1) is 32.9 Å². The largest absolute Gasteiger partial charge is 0.490 e. The first-order valence-corrected chi connectivity index (χ1v) is 29.2. The Labute approximate surface area is 483 Å². The van der Waals surface area contributed by atoms with Crippen molar-refractivity contribution in [2.75, 3.05) is 6.54 Å². The van der Waals surface area contributed by atoms with Crippen LogP contribution < -0.4 is 26.4 Å². The fourth-order valence-electron chi connectivity index (χ4n) is 10.7. The van der Waals surface area contributed by atoms with E-state index < -0.39 is 64.9 Å². The highest BCUT2D eigenvalue weighted by Gasteiger charge is 2.47. The number of benzene rings is 3. The molecule has 4 amide bonds. The Hall–Kier alpha value is -7.26. The fourth-order valence-corrected chi connectivity index (χ4v) is 12.8. The number of nitrogens with zero attached hydrogens (tertiary/aromatic N) is 6. The van der Waals surface area contributed by atoms with Crippen LogP contribution in [-0.2, 0) is 23.9 Å². The molecule has 18 nitrogen and oxygen atoms in total. The molecule has 21 heteroatoms. The number of rotatable bonds is 16. The summed E-state index contributed by atoms with van der Waals surface area (Å²) in [7, 11) is 0. The van der Waals surface area contributed by atoms with Gasteiger partial charge in [0.1, 0.15) is 52.5 Å². The van der Waals surface area contributed by atoms with Gasteiger partial charge in [-0.1, -0.05) is 68.8 Å². The number of amides is 4. The normalized spacial score (nSPS) is 19.6. The lowest BCUT2D eigenvalue weighted by molar-refractivity contribution is -0.150. The van der Waals surface area contributed by atoms with Crippen molar-refractivity contribution >= 4 is 80.6 Å². The van der Waals surface area contributed by atoms with Crippen LogP contribution in [0.25, 0.3) is 26.4 Å². The third kappa shape index (κ3) is 12.3. The molecule has 1 saturated carbocycles. The Morgan fingerprint density at radius 3 is 2.28 bits per heavy atom. The van der Waals surface area contributed by atoms with Crippen molar-refractivity contribution in [1.29, 1.82) is 0 Å². The van der Waals surface area contributed by atoms with Crippen molar-refractivity contribution in [3.63, 3.8) is 0 Å². The van der Waals surface area contributed by atoms with E-state index in [0.29, 0.717) is 46.2 Å². The smallest absolute Gasteiger partial charge is 0.307 e. The van der Waals surface area contributed by atoms with Crippen LogP contribution >= 0.6 is 34.3 Å². The molecule has 1 aliphatic carbocycles. The van der Waals surface area contributed by atoms with Gasteiger partial charge in [0, 0.05) is 57.3 Å². The van der Waals surface area contributed by atoms with Gasteiger partial charge in [0.15, 0.2) is 11.6 Å². The summed E-state index contributed by atoms with van der Waals surface area (Å²) in [5.74, 6) is -0.436. The number of hydrogen-bond donors (Lipinski definition) is 4. The Morgan fingerprint density at radius 2 is 1.60 bits per heavy atom. The quantitative estimate of drug-likeness (QED) is 0.0662. The molecule has 5 atom stereocenters. The van der Waals surface area contributed by atoms with E-state index in [2.05, 4.69) is 45.0 Å². The molecule has 3 aliphatic rings. The highest BCUT2D eigenvalue weighted by Crippen LogP contribution is 2.40. The van der Waals surface area contributed by atoms with Crippen LogP contribution in [0.2, 0.25) is 5.02 Å². The summed E-state index contributed by atoms with van der Waals surface area (Å²) in [6.45, 7) is 18.7. The van der Waals surface area contributed by atoms with Crippen molar-refractivity contribution in [2.24, 2.45) is 16.1 Å². The number of halogens is 1. The number of nitrogens with two attached hydrogens (primary N) is 1. The van der Waals surface area contributed by atoms with Gasteiger partial charge in [-0.25, -0.2) is 4.98 Å². The maximum atomic E-state index is 14.9. The molecular weight excluding hydrogens is 1090 g/mol. The van der Waals surface area contributed by atoms with Crippen LogP contribution in [0.3, 0.4) is 0 Å². The first kappa shape index (κ1) is 57.0. The number of aryl methyl sites for hydroxylation is 3. The molecule has 0 spiro atoms. The number of aromatic nitrogens is 4. The second-order valence-corrected chi connectivity index (χ2v) is 25.8. The predicted octanol–water partition coefficient (Wildman–Crippen LogP) is 9.76. The highest BCUT2D eigenvalue weighted by molar-refractivity contribution is 7.15. The van der Waals surface area contributed by atoms with Gasteiger partial charge in [0.05, 0.1) is 47.2 Å². The standard InChI is InChI=1S/C60H67ClN10O8S2/c1-30-33(4)81-58-50(30)51(36-15-17-39(61)18-16-36)66-44(54-69-68-34(5)71(54)58)26-48(72)65-40-23-42(24-40)77-41-19-20-46-38(21-41)22-47(79-46)56(75)67-53(59(6,7)8)57(76)70-28-43(78-49(73)27-60(9,10)62)25-45(70)55(74)64-31(2)35-11-13-37(14-12-35)52-32(3)63-29-80-52/h11-22,29,31,40,42-45,53H,23-28,62H2,1-10H3,(H,64,74)(H,65,72)(H,67,75)/t31-,40?,42?,43+,44-,45-,53?/m0/s1. The number of furan rings is 1. The number of aliphatic imine (C=N–C) groups is 1. The molecule has 1 unspecified atom stereocenters. The minimum Gasteiger partial charge on any atom is -0.490 e. The molecule has 10 rings (SSSR count). The molecule has 2 fully saturated rings. The molecular formula is C60H67ClN10O8S2. The van der Waals surface area contributed by atoms with E-state index in [1.807, 2.05) is 94.6 Å². The lowest BCUT2D eigenvalue weighted by atomic mass is 9.85. The summed E-state index contributed by atoms with van der Waals surface area (Å²) in [6, 6.07) is 19.0. The Balaban J connectivity index is 0.780. The third-order valence-electron chi connectivity index (χ3n) is 15.1. The van der Waals surface area contributed by atoms with Gasteiger partial charge < -0.3 is 40.5 Å². The second-order valence-electron chi connectivity index (χ2n) is 23.3. The van der Waals surface area contributed by atoms with Crippen molar-refractivity contribution in [1.82, 2.24) is 40.6 Å². The monoisotopic (exact) mass is 1150 g/mol. The molecule has 2 aliphatic heterocycles. The van der Waals surface area contributed by atoms with Crippen LogP contribution in [-0.4, -0.2) is 102 Å². The molecule has 5 N–H and O–H groups in total. The zero-order chi connectivity index (χ0) is 57.8. The number of thiazole rings is 1. The van der Waals surface area contributed by atoms with Crippen LogP contribution in [0.4, 0.5) is 0 Å². The van der Waals surface area contributed by atoms with Crippen molar-refractivity contribution in [3.8, 4) is 21.2 Å². The zero-order valence-electron chi connectivity index (χ0n) is 47.0. The molecule has 3 aromatic carbocycles. The summed E-state index contributed by atoms with van der Waals surface area (Å²) in [4.78, 5) is 83.4. The molecule has 424 valence electrons. The summed E-state index contributed by atoms with van der Waals surface area (Å²) < 4.78 is 20.3. The molecule has 81 heavy (non-hydrogen) atoms. The van der Waals surface area contributed by atoms with E-state index in [4.69, 9.17) is 36.2 Å². The Morgan fingerprint density at radius 1 is 0.889 bits per heavy atom. The van der Waals surface area contributed by atoms with Crippen molar-refractivity contribution in [3.05, 3.63) is 134 Å². The SMILES string of the molecule is Cc1ncsc1-c1ccc([C@H](C)NC(=O)[C@@H]2C[C@@H](OC(=O)CC(C)(C)N)CN2C(=O)C(NC(=O)c2cc3cc(OC4CC(NC(=O)C[C@@H]5N=C(c6ccc(Cl)cc6)c6c(sc(C)c6C)-n6c(C)nnc65)C4)ccc3o2)C(C)(C)C)cc1. The Kier molecular flexibility index (Phi) is 15.9. The average molecular weight is 1160 g/mol. The van der Waals surface area contributed by atoms with E-state index in [1.165, 1.54) is 4.90 Å². The molecule has 0 radical (unpaired) electrons. The molecule has 4 aromatic heterocycles. The molecule has 7 aromatic rings. The van der Waals surface area contributed by atoms with E-state index >= 15 is 0 Å². The molecule has 6 heterocycles. The maximum absolute atomic E-state index is 14.9. The first-order valence-electron chi connectivity index (χ1n) is 27.1. The van der Waals surface area contributed by atoms with E-state index in [0.717, 1.165) is 54.0 Å². The van der Waals surface area contributed by atoms with Gasteiger partial charge in [0.2, 0.25) is 17.7 Å². The van der Waals surface area contributed by atoms with Gasteiger partial charge in [-0.2, -0.15) is 0 Å². The van der Waals surface area contributed by atoms with Gasteiger partial charge in [0.25, 0.3) is 5.91 Å². The summed E-state index contributed by atoms with van der Waals surface area (Å²) in [5, 5.41) is 20.3. The van der Waals surface area contributed by atoms with Crippen LogP contribution in [0, 0.1) is 33.1 Å². The Bertz CT molecular complexity index is 3580. The van der Waals surface area contributed by atoms with Crippen LogP contribution in [0.15, 0.2) is 87.7 Å². The van der Waals surface area contributed by atoms with Crippen molar-refractivity contribution in [2.45, 2.75) is 149 Å². The lowest BCUT2D eigenvalue weighted by Crippen LogP contribution is -2.57. The topological polar surface area (TPSA) is 238 Å². The first-order chi connectivity index (χ1) is 38.4. The fraction of sp³-hybridized carbons (Fsp3) is 0.417. The summed E-state index contributed by atoms with van der Waals surface area (Å²) in [5.41, 5.74) is 13.3. The van der Waals surface area contributed by atoms with Crippen LogP contribution in [0.1, 0.15) is 141 Å². The van der Waals surface area contributed by atoms with Crippen LogP contribution in [0.5, 0.6) is 5.75 Å². The number of carbonyl (C=O) groups excluding carboxylic acids is 5. The summed E-state index contributed by atoms with van der Waals surface area (Å²) in [6.07, 6.45) is 0.225. The number of esters is 1. The number of thiophene rings is 1. The van der Waals surface area contributed by atoms with Gasteiger partial charge in [-0.05, 0) is 107 Å². The minimum absolute atomic E-state index is 0.0274. The predicted molar refractivity (Wildman–Crippen MR) is 312 cm³/mol. The number of nitrogens with one attached hydrogen (secondary N) is 3. The number of likely N-dealkylation sites (tertiary alicyclic amines) is 1. The number of hydrogen-bond acceptors (Lipinski definition) is 15. The van der Waals surface area contributed by atoms with E-state index in [9.17, 15) is 24.0 Å². The van der Waals surface area contributed by atoms with E-state index in [1.54, 1.807) is 66.3 Å².